The molecule has 2 aromatic carbocycles. The Kier molecular flexibility index (Phi) is 9.01. The molecule has 1 fully saturated rings. The Hall–Kier alpha value is -3.19. The normalized spacial score (nSPS) is 15.8. The maximum Gasteiger partial charge on any atom is 0.249 e. The van der Waals surface area contributed by atoms with Gasteiger partial charge in [-0.2, -0.15) is 0 Å². The molecule has 1 saturated carbocycles. The molecule has 2 unspecified atom stereocenters. The molecule has 1 aliphatic rings. The smallest absolute Gasteiger partial charge is 0.249 e. The number of anilines is 1. The van der Waals surface area contributed by atoms with Crippen LogP contribution < -0.4 is 10.2 Å². The molecule has 0 heterocycles. The highest BCUT2D eigenvalue weighted by Crippen LogP contribution is 2.28. The van der Waals surface area contributed by atoms with Gasteiger partial charge in [0.2, 0.25) is 18.2 Å². The highest BCUT2D eigenvalue weighted by atomic mass is 16.5. The van der Waals surface area contributed by atoms with Gasteiger partial charge in [0.25, 0.3) is 0 Å². The first kappa shape index (κ1) is 24.5. The van der Waals surface area contributed by atoms with Gasteiger partial charge < -0.3 is 10.2 Å². The van der Waals surface area contributed by atoms with Crippen LogP contribution in [0, 0.1) is 11.8 Å². The van der Waals surface area contributed by atoms with Crippen LogP contribution in [-0.4, -0.2) is 48.1 Å². The van der Waals surface area contributed by atoms with E-state index in [-0.39, 0.29) is 30.7 Å². The lowest BCUT2D eigenvalue weighted by Gasteiger charge is -2.34. The van der Waals surface area contributed by atoms with Gasteiger partial charge in [-0.05, 0) is 42.9 Å². The number of hydroxylamine groups is 2. The minimum Gasteiger partial charge on any atom is -0.344 e. The fraction of sp³-hybridized carbons (Fsp3) is 0.423. The van der Waals surface area contributed by atoms with E-state index in [1.807, 2.05) is 60.7 Å². The molecule has 0 aromatic heterocycles. The summed E-state index contributed by atoms with van der Waals surface area (Å²) >= 11 is 0. The second-order valence-electron chi connectivity index (χ2n) is 8.73. The van der Waals surface area contributed by atoms with Crippen molar-refractivity contribution in [3.63, 3.8) is 0 Å². The molecule has 2 aromatic rings. The Morgan fingerprint density at radius 2 is 1.64 bits per heavy atom. The van der Waals surface area contributed by atoms with Crippen LogP contribution in [0.3, 0.4) is 0 Å². The minimum absolute atomic E-state index is 0.0510. The summed E-state index contributed by atoms with van der Waals surface area (Å²) in [6, 6.07) is 18.2. The number of hydrogen-bond acceptors (Lipinski definition) is 4. The van der Waals surface area contributed by atoms with E-state index in [1.54, 1.807) is 11.9 Å². The van der Waals surface area contributed by atoms with E-state index in [0.29, 0.717) is 11.5 Å². The van der Waals surface area contributed by atoms with Crippen LogP contribution >= 0.6 is 0 Å². The van der Waals surface area contributed by atoms with Crippen LogP contribution in [0.4, 0.5) is 5.69 Å². The molecule has 7 nitrogen and oxygen atoms in total. The molecule has 33 heavy (non-hydrogen) atoms. The monoisotopic (exact) mass is 451 g/mol. The van der Waals surface area contributed by atoms with E-state index in [1.165, 1.54) is 0 Å². The van der Waals surface area contributed by atoms with Gasteiger partial charge in [-0.25, -0.2) is 5.06 Å². The van der Waals surface area contributed by atoms with E-state index < -0.39 is 12.0 Å². The summed E-state index contributed by atoms with van der Waals surface area (Å²) < 4.78 is 0. The fourth-order valence-electron chi connectivity index (χ4n) is 4.51. The summed E-state index contributed by atoms with van der Waals surface area (Å²) in [6.45, 7) is -0.148. The first-order chi connectivity index (χ1) is 16.0. The summed E-state index contributed by atoms with van der Waals surface area (Å²) in [6.07, 6.45) is 5.59. The van der Waals surface area contributed by atoms with E-state index in [2.05, 4.69) is 5.32 Å². The second kappa shape index (κ2) is 12.2. The summed E-state index contributed by atoms with van der Waals surface area (Å²) in [7, 11) is 1.73. The van der Waals surface area contributed by atoms with Gasteiger partial charge in [0.15, 0.2) is 0 Å². The first-order valence-corrected chi connectivity index (χ1v) is 11.6. The lowest BCUT2D eigenvalue weighted by Crippen LogP contribution is -2.54. The standard InChI is InChI=1S/C26H33N3O4/c1-28(23-15-9-4-10-16-23)26(32)24(21-13-7-3-8-14-21)27-25(31)22(18-29(33)19-30)17-20-11-5-2-6-12-20/h2,4-6,9-12,15-16,19,21-22,24,33H,3,7-8,13-14,17-18H2,1H3,(H,27,31). The molecule has 2 atom stereocenters. The zero-order valence-electron chi connectivity index (χ0n) is 19.1. The van der Waals surface area contributed by atoms with Crippen molar-refractivity contribution in [2.75, 3.05) is 18.5 Å². The average molecular weight is 452 g/mol. The number of nitrogens with zero attached hydrogens (tertiary/aromatic N) is 2. The average Bonchev–Trinajstić information content (AvgIpc) is 2.87. The molecule has 0 radical (unpaired) electrons. The number of benzene rings is 2. The molecular weight excluding hydrogens is 418 g/mol. The topological polar surface area (TPSA) is 90.0 Å². The quantitative estimate of drug-likeness (QED) is 0.329. The maximum atomic E-state index is 13.5. The lowest BCUT2D eigenvalue weighted by molar-refractivity contribution is -0.154. The minimum atomic E-state index is -0.691. The largest absolute Gasteiger partial charge is 0.344 e. The van der Waals surface area contributed by atoms with Gasteiger partial charge in [0.05, 0.1) is 12.5 Å². The number of nitrogens with one attached hydrogen (secondary N) is 1. The summed E-state index contributed by atoms with van der Waals surface area (Å²) in [5.41, 5.74) is 1.68. The third-order valence-corrected chi connectivity index (χ3v) is 6.38. The van der Waals surface area contributed by atoms with Crippen molar-refractivity contribution < 1.29 is 19.6 Å². The predicted octanol–water partition coefficient (Wildman–Crippen LogP) is 3.42. The third-order valence-electron chi connectivity index (χ3n) is 6.38. The molecule has 1 aliphatic carbocycles. The van der Waals surface area contributed by atoms with Crippen LogP contribution in [-0.2, 0) is 20.8 Å². The Morgan fingerprint density at radius 3 is 2.24 bits per heavy atom. The summed E-state index contributed by atoms with van der Waals surface area (Å²) in [5, 5.41) is 13.3. The Balaban J connectivity index is 1.81. The van der Waals surface area contributed by atoms with Gasteiger partial charge in [-0.3, -0.25) is 19.6 Å². The van der Waals surface area contributed by atoms with Crippen molar-refractivity contribution in [3.8, 4) is 0 Å². The number of para-hydroxylation sites is 1. The number of likely N-dealkylation sites (N-methyl/N-ethyl adjacent to an activating group) is 1. The fourth-order valence-corrected chi connectivity index (χ4v) is 4.51. The van der Waals surface area contributed by atoms with Crippen molar-refractivity contribution in [2.45, 2.75) is 44.6 Å². The van der Waals surface area contributed by atoms with Crippen LogP contribution in [0.1, 0.15) is 37.7 Å². The molecule has 0 spiro atoms. The van der Waals surface area contributed by atoms with E-state index >= 15 is 0 Å². The zero-order valence-corrected chi connectivity index (χ0v) is 19.1. The number of hydrogen-bond donors (Lipinski definition) is 2. The van der Waals surface area contributed by atoms with Gasteiger partial charge in [0, 0.05) is 12.7 Å². The van der Waals surface area contributed by atoms with Gasteiger partial charge in [0.1, 0.15) is 6.04 Å². The Labute approximate surface area is 195 Å². The Bertz CT molecular complexity index is 900. The van der Waals surface area contributed by atoms with Gasteiger partial charge in [-0.1, -0.05) is 67.8 Å². The zero-order chi connectivity index (χ0) is 23.6. The maximum absolute atomic E-state index is 13.5. The Morgan fingerprint density at radius 1 is 1.03 bits per heavy atom. The first-order valence-electron chi connectivity index (χ1n) is 11.6. The van der Waals surface area contributed by atoms with Crippen molar-refractivity contribution in [2.24, 2.45) is 11.8 Å². The van der Waals surface area contributed by atoms with Crippen molar-refractivity contribution in [3.05, 3.63) is 66.2 Å². The summed E-state index contributed by atoms with van der Waals surface area (Å²) in [5.74, 6) is -1.14. The molecule has 0 bridgehead atoms. The van der Waals surface area contributed by atoms with Crippen LogP contribution in [0.5, 0.6) is 0 Å². The summed E-state index contributed by atoms with van der Waals surface area (Å²) in [4.78, 5) is 39.5. The van der Waals surface area contributed by atoms with Crippen LogP contribution in [0.15, 0.2) is 60.7 Å². The van der Waals surface area contributed by atoms with Crippen molar-refractivity contribution in [1.82, 2.24) is 10.4 Å². The molecule has 176 valence electrons. The molecule has 7 heteroatoms. The van der Waals surface area contributed by atoms with Gasteiger partial charge in [-0.15, -0.1) is 0 Å². The number of amides is 3. The van der Waals surface area contributed by atoms with Crippen LogP contribution in [0.25, 0.3) is 0 Å². The number of carbonyl (C=O) groups excluding carboxylic acids is 3. The van der Waals surface area contributed by atoms with Gasteiger partial charge >= 0.3 is 0 Å². The highest BCUT2D eigenvalue weighted by Gasteiger charge is 2.35. The molecule has 0 saturated heterocycles. The molecule has 2 N–H and O–H groups in total. The molecule has 3 amide bonds. The molecule has 0 aliphatic heterocycles. The lowest BCUT2D eigenvalue weighted by atomic mass is 9.83. The molecule has 3 rings (SSSR count). The second-order valence-corrected chi connectivity index (χ2v) is 8.73. The van der Waals surface area contributed by atoms with E-state index in [9.17, 15) is 19.6 Å². The SMILES string of the molecule is CN(C(=O)C(NC(=O)C(Cc1ccccc1)CN(O)C=O)C1CCCCC1)c1ccccc1. The van der Waals surface area contributed by atoms with Crippen molar-refractivity contribution in [1.29, 1.82) is 0 Å². The van der Waals surface area contributed by atoms with Crippen LogP contribution in [0.2, 0.25) is 0 Å². The third kappa shape index (κ3) is 6.89. The molecular formula is C26H33N3O4. The van der Waals surface area contributed by atoms with Crippen molar-refractivity contribution >= 4 is 23.9 Å². The van der Waals surface area contributed by atoms with E-state index in [4.69, 9.17) is 0 Å². The highest BCUT2D eigenvalue weighted by molar-refractivity contribution is 5.99. The van der Waals surface area contributed by atoms with E-state index in [0.717, 1.165) is 43.4 Å². The predicted molar refractivity (Wildman–Crippen MR) is 127 cm³/mol. The number of carbonyl (C=O) groups is 3. The number of rotatable bonds is 10.